The molecule has 0 aromatic rings. The number of nitrogens with one attached hydrogen (secondary N) is 1. The van der Waals surface area contributed by atoms with Crippen molar-refractivity contribution in [2.45, 2.75) is 72.5 Å². The van der Waals surface area contributed by atoms with E-state index in [1.165, 1.54) is 0 Å². The number of nitrogens with zero attached hydrogens (tertiary/aromatic N) is 1. The first kappa shape index (κ1) is 18.4. The van der Waals surface area contributed by atoms with Gasteiger partial charge in [0.15, 0.2) is 0 Å². The lowest BCUT2D eigenvalue weighted by molar-refractivity contribution is -0.124. The molecule has 2 atom stereocenters. The Labute approximate surface area is 119 Å². The molecule has 0 aliphatic carbocycles. The van der Waals surface area contributed by atoms with Crippen molar-refractivity contribution in [3.63, 3.8) is 0 Å². The fraction of sp³-hybridized carbons (Fsp3) is 0.933. The molecule has 0 heterocycles. The number of carbonyl (C=O) groups is 1. The molecule has 0 aromatic heterocycles. The molecule has 0 saturated heterocycles. The fourth-order valence-corrected chi connectivity index (χ4v) is 2.68. The van der Waals surface area contributed by atoms with Gasteiger partial charge in [0.1, 0.15) is 0 Å². The van der Waals surface area contributed by atoms with Crippen molar-refractivity contribution >= 4 is 5.91 Å². The summed E-state index contributed by atoms with van der Waals surface area (Å²) in [6, 6.07) is 0.787. The normalized spacial score (nSPS) is 16.9. The lowest BCUT2D eigenvalue weighted by atomic mass is 9.91. The molecule has 19 heavy (non-hydrogen) atoms. The molecular formula is C15H33N3O. The van der Waals surface area contributed by atoms with E-state index in [1.54, 1.807) is 0 Å². The summed E-state index contributed by atoms with van der Waals surface area (Å²) in [7, 11) is 0. The number of likely N-dealkylation sites (N-methyl/N-ethyl adjacent to an activating group) is 1. The van der Waals surface area contributed by atoms with E-state index < -0.39 is 5.54 Å². The number of hydrogen-bond donors (Lipinski definition) is 2. The molecule has 4 heteroatoms. The molecule has 0 radical (unpaired) electrons. The quantitative estimate of drug-likeness (QED) is 0.674. The van der Waals surface area contributed by atoms with Gasteiger partial charge < -0.3 is 11.1 Å². The molecule has 1 amide bonds. The summed E-state index contributed by atoms with van der Waals surface area (Å²) in [5.41, 5.74) is 4.94. The van der Waals surface area contributed by atoms with Crippen molar-refractivity contribution in [1.29, 1.82) is 0 Å². The van der Waals surface area contributed by atoms with Crippen LogP contribution < -0.4 is 11.1 Å². The molecule has 4 nitrogen and oxygen atoms in total. The minimum atomic E-state index is -0.627. The van der Waals surface area contributed by atoms with E-state index >= 15 is 0 Å². The summed E-state index contributed by atoms with van der Waals surface area (Å²) in [5.74, 6) is 0.346. The van der Waals surface area contributed by atoms with Crippen LogP contribution in [-0.4, -0.2) is 41.5 Å². The zero-order valence-corrected chi connectivity index (χ0v) is 13.8. The number of amides is 1. The van der Waals surface area contributed by atoms with Crippen LogP contribution in [0.3, 0.4) is 0 Å². The second-order valence-electron chi connectivity index (χ2n) is 6.46. The van der Waals surface area contributed by atoms with Crippen LogP contribution in [0.15, 0.2) is 0 Å². The molecule has 114 valence electrons. The number of nitrogens with two attached hydrogens (primary N) is 1. The maximum Gasteiger partial charge on any atom is 0.237 e. The highest BCUT2D eigenvalue weighted by Gasteiger charge is 2.34. The number of primary amides is 1. The fourth-order valence-electron chi connectivity index (χ4n) is 2.68. The van der Waals surface area contributed by atoms with Gasteiger partial charge >= 0.3 is 0 Å². The highest BCUT2D eigenvalue weighted by Crippen LogP contribution is 2.19. The Morgan fingerprint density at radius 3 is 2.11 bits per heavy atom. The molecule has 0 fully saturated rings. The second-order valence-corrected chi connectivity index (χ2v) is 6.46. The minimum absolute atomic E-state index is 0.269. The van der Waals surface area contributed by atoms with Gasteiger partial charge in [-0.15, -0.1) is 0 Å². The van der Waals surface area contributed by atoms with Crippen molar-refractivity contribution in [2.24, 2.45) is 11.7 Å². The van der Waals surface area contributed by atoms with Gasteiger partial charge in [0.05, 0.1) is 5.54 Å². The Hall–Kier alpha value is -0.610. The third-order valence-corrected chi connectivity index (χ3v) is 3.62. The van der Waals surface area contributed by atoms with E-state index in [2.05, 4.69) is 44.8 Å². The van der Waals surface area contributed by atoms with Gasteiger partial charge in [-0.1, -0.05) is 20.8 Å². The molecule has 0 saturated carbocycles. The van der Waals surface area contributed by atoms with Gasteiger partial charge in [0.2, 0.25) is 5.91 Å². The van der Waals surface area contributed by atoms with Crippen molar-refractivity contribution in [3.8, 4) is 0 Å². The third-order valence-electron chi connectivity index (χ3n) is 3.62. The zero-order valence-electron chi connectivity index (χ0n) is 13.8. The average molecular weight is 271 g/mol. The molecule has 0 rings (SSSR count). The van der Waals surface area contributed by atoms with Gasteiger partial charge in [-0.2, -0.15) is 0 Å². The Kier molecular flexibility index (Phi) is 7.60. The molecule has 0 aromatic carbocycles. The van der Waals surface area contributed by atoms with Crippen LogP contribution in [0.4, 0.5) is 0 Å². The van der Waals surface area contributed by atoms with Crippen LogP contribution in [0.5, 0.6) is 0 Å². The number of rotatable bonds is 9. The number of hydrogen-bond acceptors (Lipinski definition) is 3. The average Bonchev–Trinajstić information content (AvgIpc) is 2.25. The van der Waals surface area contributed by atoms with Crippen LogP contribution in [0.1, 0.15) is 54.9 Å². The predicted molar refractivity (Wildman–Crippen MR) is 82.0 cm³/mol. The van der Waals surface area contributed by atoms with E-state index in [9.17, 15) is 4.79 Å². The summed E-state index contributed by atoms with van der Waals surface area (Å²) >= 11 is 0. The van der Waals surface area contributed by atoms with Crippen LogP contribution in [0, 0.1) is 5.92 Å². The monoisotopic (exact) mass is 271 g/mol. The summed E-state index contributed by atoms with van der Waals surface area (Å²) in [6.07, 6.45) is 0.737. The Bertz CT molecular complexity index is 279. The lowest BCUT2D eigenvalue weighted by Gasteiger charge is -2.39. The lowest BCUT2D eigenvalue weighted by Crippen LogP contribution is -2.57. The first-order valence-electron chi connectivity index (χ1n) is 7.44. The van der Waals surface area contributed by atoms with Gasteiger partial charge in [-0.25, -0.2) is 0 Å². The summed E-state index contributed by atoms with van der Waals surface area (Å²) < 4.78 is 0. The third kappa shape index (κ3) is 5.91. The van der Waals surface area contributed by atoms with Gasteiger partial charge in [0, 0.05) is 18.6 Å². The van der Waals surface area contributed by atoms with Crippen molar-refractivity contribution in [1.82, 2.24) is 10.2 Å². The van der Waals surface area contributed by atoms with E-state index in [0.29, 0.717) is 18.0 Å². The van der Waals surface area contributed by atoms with Gasteiger partial charge in [-0.05, 0) is 46.6 Å². The minimum Gasteiger partial charge on any atom is -0.368 e. The van der Waals surface area contributed by atoms with Crippen molar-refractivity contribution in [2.75, 3.05) is 13.1 Å². The maximum atomic E-state index is 11.7. The Morgan fingerprint density at radius 1 is 1.26 bits per heavy atom. The smallest absolute Gasteiger partial charge is 0.237 e. The highest BCUT2D eigenvalue weighted by molar-refractivity contribution is 5.84. The standard InChI is InChI=1S/C15H33N3O/c1-8-17-15(7,14(16)19)9-13(6)18(12(4)5)10-11(2)3/h11-13,17H,8-10H2,1-7H3,(H2,16,19). The predicted octanol–water partition coefficient (Wildman–Crippen LogP) is 1.98. The molecule has 0 spiro atoms. The number of carbonyl (C=O) groups excluding carboxylic acids is 1. The van der Waals surface area contributed by atoms with Crippen LogP contribution in [0.2, 0.25) is 0 Å². The first-order chi connectivity index (χ1) is 8.64. The second kappa shape index (κ2) is 7.85. The molecule has 0 bridgehead atoms. The molecule has 0 aliphatic rings. The van der Waals surface area contributed by atoms with Crippen molar-refractivity contribution < 1.29 is 4.79 Å². The Morgan fingerprint density at radius 2 is 1.79 bits per heavy atom. The summed E-state index contributed by atoms with van der Waals surface area (Å²) in [5, 5.41) is 3.24. The van der Waals surface area contributed by atoms with Crippen LogP contribution in [0.25, 0.3) is 0 Å². The molecule has 3 N–H and O–H groups in total. The van der Waals surface area contributed by atoms with Gasteiger partial charge in [0.25, 0.3) is 0 Å². The Balaban J connectivity index is 4.85. The molecule has 0 aliphatic heterocycles. The van der Waals surface area contributed by atoms with Gasteiger partial charge in [-0.3, -0.25) is 9.69 Å². The maximum absolute atomic E-state index is 11.7. The van der Waals surface area contributed by atoms with E-state index in [-0.39, 0.29) is 5.91 Å². The topological polar surface area (TPSA) is 58.4 Å². The molecule has 2 unspecified atom stereocenters. The van der Waals surface area contributed by atoms with E-state index in [0.717, 1.165) is 19.5 Å². The SMILES string of the molecule is CCNC(C)(CC(C)N(CC(C)C)C(C)C)C(N)=O. The van der Waals surface area contributed by atoms with E-state index in [4.69, 9.17) is 5.73 Å². The molecular weight excluding hydrogens is 238 g/mol. The highest BCUT2D eigenvalue weighted by atomic mass is 16.1. The summed E-state index contributed by atoms with van der Waals surface area (Å²) in [4.78, 5) is 14.2. The summed E-state index contributed by atoms with van der Waals surface area (Å²) in [6.45, 7) is 16.7. The largest absolute Gasteiger partial charge is 0.368 e. The van der Waals surface area contributed by atoms with Crippen LogP contribution in [-0.2, 0) is 4.79 Å². The van der Waals surface area contributed by atoms with Crippen molar-refractivity contribution in [3.05, 3.63) is 0 Å². The zero-order chi connectivity index (χ0) is 15.2. The van der Waals surface area contributed by atoms with Crippen LogP contribution >= 0.6 is 0 Å². The first-order valence-corrected chi connectivity index (χ1v) is 7.44. The van der Waals surface area contributed by atoms with E-state index in [1.807, 2.05) is 13.8 Å².